The highest BCUT2D eigenvalue weighted by atomic mass is 32.2. The van der Waals surface area contributed by atoms with E-state index in [1.807, 2.05) is 13.2 Å². The Morgan fingerprint density at radius 2 is 1.81 bits per heavy atom. The molecule has 1 aliphatic heterocycles. The molecule has 1 aromatic carbocycles. The molecule has 8 heteroatoms. The van der Waals surface area contributed by atoms with Gasteiger partial charge in [-0.15, -0.1) is 0 Å². The van der Waals surface area contributed by atoms with E-state index in [4.69, 9.17) is 0 Å². The average Bonchev–Trinajstić information content (AvgIpc) is 3.03. The largest absolute Gasteiger partial charge is 0.351 e. The molecule has 1 aromatic rings. The van der Waals surface area contributed by atoms with Gasteiger partial charge in [-0.1, -0.05) is 43.4 Å². The molecule has 1 aliphatic carbocycles. The van der Waals surface area contributed by atoms with Crippen LogP contribution in [0.2, 0.25) is 0 Å². The van der Waals surface area contributed by atoms with Gasteiger partial charge in [0.15, 0.2) is 0 Å². The van der Waals surface area contributed by atoms with Crippen LogP contribution >= 0.6 is 11.8 Å². The molecule has 0 radical (unpaired) electrons. The number of benzene rings is 1. The van der Waals surface area contributed by atoms with Crippen LogP contribution in [0.25, 0.3) is 0 Å². The summed E-state index contributed by atoms with van der Waals surface area (Å²) >= 11 is 1.61. The van der Waals surface area contributed by atoms with Gasteiger partial charge >= 0.3 is 0 Å². The van der Waals surface area contributed by atoms with Crippen molar-refractivity contribution in [3.63, 3.8) is 0 Å². The van der Waals surface area contributed by atoms with E-state index in [0.717, 1.165) is 25.1 Å². The molecule has 1 amide bonds. The quantitative estimate of drug-likeness (QED) is 0.545. The zero-order valence-electron chi connectivity index (χ0n) is 18.8. The predicted molar refractivity (Wildman–Crippen MR) is 128 cm³/mol. The summed E-state index contributed by atoms with van der Waals surface area (Å²) in [4.78, 5) is 15.8. The summed E-state index contributed by atoms with van der Waals surface area (Å²) in [7, 11) is -3.75. The van der Waals surface area contributed by atoms with Crippen LogP contribution in [-0.4, -0.2) is 62.4 Å². The second kappa shape index (κ2) is 11.7. The fraction of sp³-hybridized carbons (Fsp3) is 0.696. The first-order chi connectivity index (χ1) is 14.9. The van der Waals surface area contributed by atoms with Crippen LogP contribution in [0, 0.1) is 6.92 Å². The third-order valence-electron chi connectivity index (χ3n) is 6.46. The summed E-state index contributed by atoms with van der Waals surface area (Å²) in [6, 6.07) is 6.68. The number of carbonyl (C=O) groups excluding carboxylic acids is 1. The first kappa shape index (κ1) is 24.6. The third kappa shape index (κ3) is 7.20. The lowest BCUT2D eigenvalue weighted by molar-refractivity contribution is -0.123. The molecule has 2 aliphatic rings. The van der Waals surface area contributed by atoms with Gasteiger partial charge in [0.05, 0.1) is 4.90 Å². The van der Waals surface area contributed by atoms with E-state index in [2.05, 4.69) is 14.9 Å². The molecule has 0 bridgehead atoms. The molecule has 2 unspecified atom stereocenters. The molecule has 2 atom stereocenters. The number of rotatable bonds is 9. The number of carbonyl (C=O) groups is 1. The van der Waals surface area contributed by atoms with E-state index >= 15 is 0 Å². The lowest BCUT2D eigenvalue weighted by atomic mass is 10.1. The Balaban J connectivity index is 1.60. The molecular weight excluding hydrogens is 430 g/mol. The number of nitrogens with one attached hydrogen (secondary N) is 2. The summed E-state index contributed by atoms with van der Waals surface area (Å²) in [5.74, 6) is 0.505. The Kier molecular flexibility index (Phi) is 9.25. The van der Waals surface area contributed by atoms with Gasteiger partial charge in [0, 0.05) is 25.2 Å². The highest BCUT2D eigenvalue weighted by Crippen LogP contribution is 2.25. The van der Waals surface area contributed by atoms with Crippen LogP contribution in [0.5, 0.6) is 0 Å². The van der Waals surface area contributed by atoms with Crippen molar-refractivity contribution in [2.24, 2.45) is 0 Å². The lowest BCUT2D eigenvalue weighted by Gasteiger charge is -2.27. The number of hydrogen-bond acceptors (Lipinski definition) is 5. The molecular formula is C23H37N3O3S2. The maximum Gasteiger partial charge on any atom is 0.241 e. The Morgan fingerprint density at radius 3 is 2.45 bits per heavy atom. The van der Waals surface area contributed by atoms with Crippen molar-refractivity contribution in [1.82, 2.24) is 14.9 Å². The first-order valence-corrected chi connectivity index (χ1v) is 14.4. The zero-order valence-corrected chi connectivity index (χ0v) is 20.4. The van der Waals surface area contributed by atoms with Gasteiger partial charge in [-0.25, -0.2) is 8.42 Å². The van der Waals surface area contributed by atoms with Crippen molar-refractivity contribution in [3.8, 4) is 0 Å². The van der Waals surface area contributed by atoms with E-state index in [1.54, 1.807) is 36.0 Å². The predicted octanol–water partition coefficient (Wildman–Crippen LogP) is 3.31. The van der Waals surface area contributed by atoms with Crippen LogP contribution < -0.4 is 10.0 Å². The summed E-state index contributed by atoms with van der Waals surface area (Å²) in [5.41, 5.74) is 0.995. The van der Waals surface area contributed by atoms with Crippen molar-refractivity contribution < 1.29 is 13.2 Å². The highest BCUT2D eigenvalue weighted by molar-refractivity contribution is 7.98. The molecule has 2 fully saturated rings. The molecule has 1 saturated heterocycles. The number of likely N-dealkylation sites (tertiary alicyclic amines) is 1. The SMILES string of the molecule is CSCCC(NS(=O)(=O)c1ccc(C)cc1)C(=O)NC1CCN(C2CCCCCC2)C1. The average molecular weight is 468 g/mol. The molecule has 1 heterocycles. The Bertz CT molecular complexity index is 806. The fourth-order valence-corrected chi connectivity index (χ4v) is 6.31. The van der Waals surface area contributed by atoms with Crippen LogP contribution in [0.4, 0.5) is 0 Å². The molecule has 0 aromatic heterocycles. The first-order valence-electron chi connectivity index (χ1n) is 11.5. The van der Waals surface area contributed by atoms with Crippen LogP contribution in [0.3, 0.4) is 0 Å². The second-order valence-electron chi connectivity index (χ2n) is 8.90. The Labute approximate surface area is 192 Å². The van der Waals surface area contributed by atoms with E-state index in [-0.39, 0.29) is 16.8 Å². The van der Waals surface area contributed by atoms with Gasteiger partial charge in [-0.3, -0.25) is 9.69 Å². The minimum absolute atomic E-state index is 0.0939. The molecule has 3 rings (SSSR count). The minimum Gasteiger partial charge on any atom is -0.351 e. The molecule has 1 saturated carbocycles. The number of aryl methyl sites for hydroxylation is 1. The summed E-state index contributed by atoms with van der Waals surface area (Å²) in [6.07, 6.45) is 11.2. The molecule has 0 spiro atoms. The smallest absolute Gasteiger partial charge is 0.241 e. The van der Waals surface area contributed by atoms with E-state index in [9.17, 15) is 13.2 Å². The van der Waals surface area contributed by atoms with Crippen LogP contribution in [-0.2, 0) is 14.8 Å². The standard InChI is InChI=1S/C23H37N3O3S2/c1-18-9-11-21(12-10-18)31(28,29)25-22(14-16-30-2)23(27)24-19-13-15-26(17-19)20-7-5-3-4-6-8-20/h9-12,19-20,22,25H,3-8,13-17H2,1-2H3,(H,24,27). The maximum absolute atomic E-state index is 13.0. The van der Waals surface area contributed by atoms with Gasteiger partial charge in [0.1, 0.15) is 6.04 Å². The minimum atomic E-state index is -3.75. The molecule has 6 nitrogen and oxygen atoms in total. The lowest BCUT2D eigenvalue weighted by Crippen LogP contribution is -2.50. The normalized spacial score (nSPS) is 22.2. The van der Waals surface area contributed by atoms with Gasteiger partial charge in [0.25, 0.3) is 0 Å². The van der Waals surface area contributed by atoms with E-state index < -0.39 is 16.1 Å². The van der Waals surface area contributed by atoms with E-state index in [1.165, 1.54) is 38.5 Å². The summed E-state index contributed by atoms with van der Waals surface area (Å²) < 4.78 is 28.3. The molecule has 2 N–H and O–H groups in total. The van der Waals surface area contributed by atoms with E-state index in [0.29, 0.717) is 18.2 Å². The zero-order chi connectivity index (χ0) is 22.3. The number of thioether (sulfide) groups is 1. The number of amides is 1. The number of sulfonamides is 1. The van der Waals surface area contributed by atoms with Gasteiger partial charge < -0.3 is 5.32 Å². The third-order valence-corrected chi connectivity index (χ3v) is 8.59. The monoisotopic (exact) mass is 467 g/mol. The number of hydrogen-bond donors (Lipinski definition) is 2. The van der Waals surface area contributed by atoms with Crippen molar-refractivity contribution >= 4 is 27.7 Å². The van der Waals surface area contributed by atoms with Crippen molar-refractivity contribution in [3.05, 3.63) is 29.8 Å². The Morgan fingerprint density at radius 1 is 1.13 bits per heavy atom. The van der Waals surface area contributed by atoms with Gasteiger partial charge in [-0.2, -0.15) is 16.5 Å². The maximum atomic E-state index is 13.0. The number of nitrogens with zero attached hydrogens (tertiary/aromatic N) is 1. The van der Waals surface area contributed by atoms with Crippen LogP contribution in [0.1, 0.15) is 56.9 Å². The second-order valence-corrected chi connectivity index (χ2v) is 11.6. The molecule has 31 heavy (non-hydrogen) atoms. The topological polar surface area (TPSA) is 78.5 Å². The van der Waals surface area contributed by atoms with Crippen molar-refractivity contribution in [2.75, 3.05) is 25.1 Å². The summed E-state index contributed by atoms with van der Waals surface area (Å²) in [6.45, 7) is 3.80. The molecule has 174 valence electrons. The summed E-state index contributed by atoms with van der Waals surface area (Å²) in [5, 5.41) is 3.14. The van der Waals surface area contributed by atoms with Crippen LogP contribution in [0.15, 0.2) is 29.2 Å². The fourth-order valence-electron chi connectivity index (χ4n) is 4.61. The van der Waals surface area contributed by atoms with Crippen molar-refractivity contribution in [2.45, 2.75) is 81.3 Å². The van der Waals surface area contributed by atoms with Crippen molar-refractivity contribution in [1.29, 1.82) is 0 Å². The van der Waals surface area contributed by atoms with Gasteiger partial charge in [-0.05, 0) is 56.7 Å². The Hall–Kier alpha value is -1.09. The van der Waals surface area contributed by atoms with Gasteiger partial charge in [0.2, 0.25) is 15.9 Å². The highest BCUT2D eigenvalue weighted by Gasteiger charge is 2.32.